The Labute approximate surface area is 192 Å². The summed E-state index contributed by atoms with van der Waals surface area (Å²) in [6, 6.07) is 16.1. The van der Waals surface area contributed by atoms with E-state index in [1.54, 1.807) is 69.3 Å². The molecule has 0 aliphatic heterocycles. The van der Waals surface area contributed by atoms with E-state index in [4.69, 9.17) is 9.47 Å². The van der Waals surface area contributed by atoms with Crippen LogP contribution in [-0.4, -0.2) is 48.2 Å². The molecule has 1 amide bonds. The Morgan fingerprint density at radius 3 is 1.79 bits per heavy atom. The number of carboxylic acid groups (broad SMARTS) is 1. The van der Waals surface area contributed by atoms with E-state index in [0.29, 0.717) is 11.1 Å². The second-order valence-corrected chi connectivity index (χ2v) is 7.51. The largest absolute Gasteiger partial charge is 0.480 e. The van der Waals surface area contributed by atoms with Crippen LogP contribution in [0.15, 0.2) is 60.7 Å². The summed E-state index contributed by atoms with van der Waals surface area (Å²) in [5.74, 6) is -5.22. The van der Waals surface area contributed by atoms with E-state index in [9.17, 15) is 24.3 Å². The molecule has 0 spiro atoms. The first-order valence-electron chi connectivity index (χ1n) is 10.7. The topological polar surface area (TPSA) is 119 Å². The molecule has 0 saturated heterocycles. The maximum atomic E-state index is 13.6. The van der Waals surface area contributed by atoms with Gasteiger partial charge in [-0.15, -0.1) is 0 Å². The van der Waals surface area contributed by atoms with Crippen LogP contribution < -0.4 is 5.32 Å². The van der Waals surface area contributed by atoms with Crippen molar-refractivity contribution in [3.8, 4) is 0 Å². The van der Waals surface area contributed by atoms with E-state index in [1.165, 1.54) is 0 Å². The molecule has 8 nitrogen and oxygen atoms in total. The highest BCUT2D eigenvalue weighted by Gasteiger charge is 2.43. The number of benzene rings is 2. The second-order valence-electron chi connectivity index (χ2n) is 7.51. The zero-order valence-corrected chi connectivity index (χ0v) is 18.9. The van der Waals surface area contributed by atoms with Gasteiger partial charge in [-0.1, -0.05) is 60.7 Å². The Balaban J connectivity index is 2.47. The van der Waals surface area contributed by atoms with Crippen molar-refractivity contribution in [2.75, 3.05) is 13.2 Å². The third-order valence-corrected chi connectivity index (χ3v) is 5.39. The summed E-state index contributed by atoms with van der Waals surface area (Å²) >= 11 is 0. The number of carboxylic acids is 1. The Morgan fingerprint density at radius 1 is 0.879 bits per heavy atom. The fourth-order valence-electron chi connectivity index (χ4n) is 3.58. The third kappa shape index (κ3) is 6.19. The number of hydrogen-bond donors (Lipinski definition) is 2. The maximum Gasteiger partial charge on any atom is 0.327 e. The van der Waals surface area contributed by atoms with E-state index in [0.717, 1.165) is 0 Å². The van der Waals surface area contributed by atoms with Crippen molar-refractivity contribution in [3.63, 3.8) is 0 Å². The van der Waals surface area contributed by atoms with Crippen LogP contribution >= 0.6 is 0 Å². The lowest BCUT2D eigenvalue weighted by Crippen LogP contribution is -2.54. The van der Waals surface area contributed by atoms with Crippen molar-refractivity contribution in [2.45, 2.75) is 38.6 Å². The third-order valence-electron chi connectivity index (χ3n) is 5.39. The van der Waals surface area contributed by atoms with Gasteiger partial charge in [-0.3, -0.25) is 14.4 Å². The number of rotatable bonds is 11. The molecule has 0 bridgehead atoms. The maximum absolute atomic E-state index is 13.6. The molecule has 0 aliphatic rings. The number of aliphatic carboxylic acids is 1. The average Bonchev–Trinajstić information content (AvgIpc) is 2.81. The van der Waals surface area contributed by atoms with Gasteiger partial charge in [-0.25, -0.2) is 4.79 Å². The standard InChI is InChI=1S/C25H29NO7/c1-4-32-20(27)16-19(23(30)33-5-2)21(22(28)29)26-24(31)25(3,17-12-8-6-9-13-17)18-14-10-7-11-15-18/h6-15,19,21H,4-5,16H2,1-3H3,(H,26,31)(H,28,29)/t19-,21+/m0/s1. The average molecular weight is 456 g/mol. The SMILES string of the molecule is CCOC(=O)C[C@H](C(=O)OCC)[C@@H](NC(=O)C(C)(c1ccccc1)c1ccccc1)C(=O)O. The van der Waals surface area contributed by atoms with Crippen molar-refractivity contribution in [1.82, 2.24) is 5.32 Å². The molecule has 2 rings (SSSR count). The summed E-state index contributed by atoms with van der Waals surface area (Å²) in [4.78, 5) is 50.4. The van der Waals surface area contributed by atoms with Crippen molar-refractivity contribution in [1.29, 1.82) is 0 Å². The summed E-state index contributed by atoms with van der Waals surface area (Å²) < 4.78 is 9.88. The first-order valence-corrected chi connectivity index (χ1v) is 10.7. The molecule has 0 fully saturated rings. The summed E-state index contributed by atoms with van der Waals surface area (Å²) in [7, 11) is 0. The van der Waals surface area contributed by atoms with Gasteiger partial charge in [0.1, 0.15) is 6.04 Å². The Kier molecular flexibility index (Phi) is 9.15. The van der Waals surface area contributed by atoms with Gasteiger partial charge in [0.2, 0.25) is 5.91 Å². The Bertz CT molecular complexity index is 920. The highest BCUT2D eigenvalue weighted by molar-refractivity contribution is 5.96. The van der Waals surface area contributed by atoms with Crippen molar-refractivity contribution < 1.29 is 33.8 Å². The van der Waals surface area contributed by atoms with Gasteiger partial charge >= 0.3 is 17.9 Å². The fourth-order valence-corrected chi connectivity index (χ4v) is 3.58. The molecule has 0 unspecified atom stereocenters. The van der Waals surface area contributed by atoms with E-state index in [1.807, 2.05) is 12.1 Å². The molecule has 2 aromatic rings. The highest BCUT2D eigenvalue weighted by atomic mass is 16.5. The normalized spacial score (nSPS) is 12.8. The summed E-state index contributed by atoms with van der Waals surface area (Å²) in [5.41, 5.74) is 0.00569. The van der Waals surface area contributed by atoms with Crippen molar-refractivity contribution >= 4 is 23.8 Å². The highest BCUT2D eigenvalue weighted by Crippen LogP contribution is 2.32. The molecule has 176 valence electrons. The quantitative estimate of drug-likeness (QED) is 0.500. The minimum Gasteiger partial charge on any atom is -0.480 e. The number of amides is 1. The van der Waals surface area contributed by atoms with Crippen LogP contribution in [0.4, 0.5) is 0 Å². The smallest absolute Gasteiger partial charge is 0.327 e. The second kappa shape index (κ2) is 11.8. The summed E-state index contributed by atoms with van der Waals surface area (Å²) in [5, 5.41) is 12.4. The zero-order valence-electron chi connectivity index (χ0n) is 18.9. The lowest BCUT2D eigenvalue weighted by molar-refractivity contribution is -0.160. The Hall–Kier alpha value is -3.68. The number of carbonyl (C=O) groups excluding carboxylic acids is 3. The predicted molar refractivity (Wildman–Crippen MR) is 120 cm³/mol. The van der Waals surface area contributed by atoms with Gasteiger partial charge in [0.25, 0.3) is 0 Å². The summed E-state index contributed by atoms with van der Waals surface area (Å²) in [6.45, 7) is 4.90. The zero-order chi connectivity index (χ0) is 24.4. The fraction of sp³-hybridized carbons (Fsp3) is 0.360. The van der Waals surface area contributed by atoms with E-state index < -0.39 is 47.6 Å². The molecule has 2 aromatic carbocycles. The van der Waals surface area contributed by atoms with Crippen LogP contribution in [0.5, 0.6) is 0 Å². The van der Waals surface area contributed by atoms with Gasteiger partial charge in [0, 0.05) is 0 Å². The minimum atomic E-state index is -1.70. The lowest BCUT2D eigenvalue weighted by Gasteiger charge is -2.32. The number of ether oxygens (including phenoxy) is 2. The molecule has 0 saturated carbocycles. The molecule has 2 N–H and O–H groups in total. The molecular weight excluding hydrogens is 426 g/mol. The molecule has 0 radical (unpaired) electrons. The lowest BCUT2D eigenvalue weighted by atomic mass is 9.75. The Morgan fingerprint density at radius 2 is 1.36 bits per heavy atom. The van der Waals surface area contributed by atoms with Gasteiger partial charge in [-0.05, 0) is 31.9 Å². The number of carbonyl (C=O) groups is 4. The van der Waals surface area contributed by atoms with Gasteiger partial charge in [0.15, 0.2) is 0 Å². The number of nitrogens with one attached hydrogen (secondary N) is 1. The summed E-state index contributed by atoms with van der Waals surface area (Å²) in [6.07, 6.45) is -0.544. The van der Waals surface area contributed by atoms with Gasteiger partial charge in [0.05, 0.1) is 31.0 Å². The van der Waals surface area contributed by atoms with E-state index in [2.05, 4.69) is 5.32 Å². The minimum absolute atomic E-state index is 0.00973. The van der Waals surface area contributed by atoms with Gasteiger partial charge < -0.3 is 19.9 Å². The first-order chi connectivity index (χ1) is 15.7. The molecule has 2 atom stereocenters. The molecule has 33 heavy (non-hydrogen) atoms. The van der Waals surface area contributed by atoms with Crippen molar-refractivity contribution in [3.05, 3.63) is 71.8 Å². The molecule has 0 aromatic heterocycles. The van der Waals surface area contributed by atoms with E-state index >= 15 is 0 Å². The van der Waals surface area contributed by atoms with Crippen LogP contribution in [0.3, 0.4) is 0 Å². The van der Waals surface area contributed by atoms with Crippen LogP contribution in [-0.2, 0) is 34.1 Å². The van der Waals surface area contributed by atoms with Gasteiger partial charge in [-0.2, -0.15) is 0 Å². The molecule has 0 aliphatic carbocycles. The van der Waals surface area contributed by atoms with Crippen LogP contribution in [0.2, 0.25) is 0 Å². The number of hydrogen-bond acceptors (Lipinski definition) is 6. The van der Waals surface area contributed by atoms with E-state index in [-0.39, 0.29) is 13.2 Å². The molecule has 0 heterocycles. The van der Waals surface area contributed by atoms with Crippen molar-refractivity contribution in [2.24, 2.45) is 5.92 Å². The predicted octanol–water partition coefficient (Wildman–Crippen LogP) is 2.69. The molecular formula is C25H29NO7. The van der Waals surface area contributed by atoms with Crippen LogP contribution in [0.1, 0.15) is 38.3 Å². The number of esters is 2. The van der Waals surface area contributed by atoms with Crippen LogP contribution in [0, 0.1) is 5.92 Å². The van der Waals surface area contributed by atoms with Crippen LogP contribution in [0.25, 0.3) is 0 Å². The first kappa shape index (κ1) is 25.6. The molecule has 8 heteroatoms. The monoisotopic (exact) mass is 455 g/mol.